The summed E-state index contributed by atoms with van der Waals surface area (Å²) in [4.78, 5) is 22.7. The van der Waals surface area contributed by atoms with Crippen molar-refractivity contribution in [2.75, 3.05) is 13.2 Å². The quantitative estimate of drug-likeness (QED) is 0.333. The van der Waals surface area contributed by atoms with Gasteiger partial charge in [0.25, 0.3) is 0 Å². The summed E-state index contributed by atoms with van der Waals surface area (Å²) in [6.45, 7) is 2.24. The molecular weight excluding hydrogens is 519 g/mol. The smallest absolute Gasteiger partial charge is 0.471 e. The van der Waals surface area contributed by atoms with Gasteiger partial charge in [-0.05, 0) is 24.0 Å². The molecule has 1 amide bonds. The van der Waals surface area contributed by atoms with E-state index in [1.54, 1.807) is 6.92 Å². The molecule has 2 N–H and O–H groups in total. The first kappa shape index (κ1) is 30.6. The molecule has 39 heavy (non-hydrogen) atoms. The minimum Gasteiger partial charge on any atom is -0.481 e. The molecule has 1 heterocycles. The van der Waals surface area contributed by atoms with Gasteiger partial charge in [-0.2, -0.15) is 13.2 Å². The van der Waals surface area contributed by atoms with E-state index < -0.39 is 48.5 Å². The van der Waals surface area contributed by atoms with E-state index in [2.05, 4.69) is 0 Å². The van der Waals surface area contributed by atoms with Crippen LogP contribution >= 0.6 is 0 Å². The number of rotatable bonds is 14. The van der Waals surface area contributed by atoms with Gasteiger partial charge in [-0.1, -0.05) is 67.6 Å². The molecule has 0 aromatic heterocycles. The number of benzene rings is 2. The lowest BCUT2D eigenvalue weighted by Crippen LogP contribution is -2.63. The highest BCUT2D eigenvalue weighted by Crippen LogP contribution is 2.31. The number of nitrogens with one attached hydrogen (secondary N) is 1. The number of carboxylic acids is 1. The minimum absolute atomic E-state index is 0.0379. The highest BCUT2D eigenvalue weighted by molar-refractivity contribution is 5.82. The first-order valence-electron chi connectivity index (χ1n) is 12.8. The molecule has 1 aliphatic heterocycles. The Bertz CT molecular complexity index is 1020. The van der Waals surface area contributed by atoms with Gasteiger partial charge in [0.05, 0.1) is 32.0 Å². The molecule has 11 heteroatoms. The fourth-order valence-electron chi connectivity index (χ4n) is 4.31. The number of hydrogen-bond donors (Lipinski definition) is 2. The van der Waals surface area contributed by atoms with Crippen molar-refractivity contribution in [1.82, 2.24) is 5.32 Å². The van der Waals surface area contributed by atoms with Crippen molar-refractivity contribution in [1.29, 1.82) is 0 Å². The van der Waals surface area contributed by atoms with Gasteiger partial charge in [0.1, 0.15) is 6.10 Å². The number of hydrogen-bond acceptors (Lipinski definition) is 6. The summed E-state index contributed by atoms with van der Waals surface area (Å²) in [6.07, 6.45) is -7.15. The number of ether oxygens (including phenoxy) is 4. The van der Waals surface area contributed by atoms with E-state index in [-0.39, 0.29) is 32.8 Å². The van der Waals surface area contributed by atoms with Crippen molar-refractivity contribution < 1.29 is 46.8 Å². The number of aliphatic carboxylic acids is 1. The van der Waals surface area contributed by atoms with E-state index in [1.807, 2.05) is 66.0 Å². The number of carbonyl (C=O) groups is 2. The van der Waals surface area contributed by atoms with Gasteiger partial charge in [-0.25, -0.2) is 0 Å². The number of amides is 1. The molecule has 5 atom stereocenters. The molecule has 0 radical (unpaired) electrons. The Kier molecular flexibility index (Phi) is 11.7. The van der Waals surface area contributed by atoms with Crippen molar-refractivity contribution in [2.24, 2.45) is 5.92 Å². The molecule has 3 unspecified atom stereocenters. The van der Waals surface area contributed by atoms with Gasteiger partial charge in [0.2, 0.25) is 0 Å². The molecule has 0 bridgehead atoms. The molecule has 1 fully saturated rings. The molecule has 8 nitrogen and oxygen atoms in total. The third kappa shape index (κ3) is 9.92. The summed E-state index contributed by atoms with van der Waals surface area (Å²) >= 11 is 0. The topological polar surface area (TPSA) is 103 Å². The van der Waals surface area contributed by atoms with Gasteiger partial charge in [0, 0.05) is 18.9 Å². The lowest BCUT2D eigenvalue weighted by molar-refractivity contribution is -0.271. The lowest BCUT2D eigenvalue weighted by atomic mass is 9.88. The highest BCUT2D eigenvalue weighted by atomic mass is 19.4. The van der Waals surface area contributed by atoms with Crippen LogP contribution in [-0.2, 0) is 41.8 Å². The van der Waals surface area contributed by atoms with Crippen LogP contribution in [-0.4, -0.2) is 60.9 Å². The van der Waals surface area contributed by atoms with Crippen molar-refractivity contribution >= 4 is 11.9 Å². The number of carbonyl (C=O) groups excluding carboxylic acids is 1. The Hall–Kier alpha value is -2.99. The maximum absolute atomic E-state index is 13.2. The van der Waals surface area contributed by atoms with Crippen molar-refractivity contribution in [2.45, 2.75) is 70.1 Å². The standard InChI is InChI=1S/C28H34F3NO7/c1-19-24(32-27(35)28(29,30)31)26(37-15-9-8-14-23(33)34)39-22(18-36-16-20-10-4-2-5-11-20)25(19)38-17-21-12-6-3-7-13-21/h2-7,10-13,19,22,24-26H,8-9,14-18H2,1H3,(H,32,35)(H,33,34)/t19-,22?,24?,25-,26?/m1/s1. The fourth-order valence-corrected chi connectivity index (χ4v) is 4.31. The summed E-state index contributed by atoms with van der Waals surface area (Å²) in [6, 6.07) is 17.6. The first-order valence-corrected chi connectivity index (χ1v) is 12.8. The zero-order valence-corrected chi connectivity index (χ0v) is 21.6. The predicted molar refractivity (Wildman–Crippen MR) is 134 cm³/mol. The van der Waals surface area contributed by atoms with Crippen LogP contribution < -0.4 is 5.32 Å². The number of alkyl halides is 3. The third-order valence-corrected chi connectivity index (χ3v) is 6.35. The van der Waals surface area contributed by atoms with Gasteiger partial charge in [-0.15, -0.1) is 0 Å². The number of halogens is 3. The van der Waals surface area contributed by atoms with Crippen LogP contribution in [0.15, 0.2) is 60.7 Å². The summed E-state index contributed by atoms with van der Waals surface area (Å²) in [7, 11) is 0. The average molecular weight is 554 g/mol. The molecule has 3 rings (SSSR count). The van der Waals surface area contributed by atoms with Gasteiger partial charge in [0.15, 0.2) is 6.29 Å². The molecule has 2 aromatic rings. The van der Waals surface area contributed by atoms with Crippen LogP contribution in [0.1, 0.15) is 37.3 Å². The monoisotopic (exact) mass is 553 g/mol. The molecule has 0 spiro atoms. The van der Waals surface area contributed by atoms with Crippen molar-refractivity contribution in [3.05, 3.63) is 71.8 Å². The summed E-state index contributed by atoms with van der Waals surface area (Å²) in [5.74, 6) is -3.71. The molecule has 1 aliphatic rings. The van der Waals surface area contributed by atoms with Crippen LogP contribution in [0, 0.1) is 5.92 Å². The molecule has 0 aliphatic carbocycles. The summed E-state index contributed by atoms with van der Waals surface area (Å²) < 4.78 is 63.3. The zero-order chi connectivity index (χ0) is 28.3. The molecule has 214 valence electrons. The van der Waals surface area contributed by atoms with Crippen LogP contribution in [0.4, 0.5) is 13.2 Å². The Morgan fingerprint density at radius 3 is 2.15 bits per heavy atom. The number of carboxylic acid groups (broad SMARTS) is 1. The second-order valence-electron chi connectivity index (χ2n) is 9.38. The van der Waals surface area contributed by atoms with E-state index in [9.17, 15) is 22.8 Å². The van der Waals surface area contributed by atoms with Gasteiger partial charge in [-0.3, -0.25) is 9.59 Å². The second kappa shape index (κ2) is 15.0. The minimum atomic E-state index is -5.10. The summed E-state index contributed by atoms with van der Waals surface area (Å²) in [5, 5.41) is 10.8. The van der Waals surface area contributed by atoms with Gasteiger partial charge >= 0.3 is 18.1 Å². The first-order chi connectivity index (χ1) is 18.6. The van der Waals surface area contributed by atoms with Gasteiger partial charge < -0.3 is 29.4 Å². The largest absolute Gasteiger partial charge is 0.481 e. The Labute approximate surface area is 225 Å². The predicted octanol–water partition coefficient (Wildman–Crippen LogP) is 4.47. The molecule has 0 saturated carbocycles. The van der Waals surface area contributed by atoms with Crippen LogP contribution in [0.2, 0.25) is 0 Å². The second-order valence-corrected chi connectivity index (χ2v) is 9.38. The van der Waals surface area contributed by atoms with Crippen molar-refractivity contribution in [3.63, 3.8) is 0 Å². The highest BCUT2D eigenvalue weighted by Gasteiger charge is 2.49. The molecule has 1 saturated heterocycles. The van der Waals surface area contributed by atoms with E-state index >= 15 is 0 Å². The fraction of sp³-hybridized carbons (Fsp3) is 0.500. The molecular formula is C28H34F3NO7. The SMILES string of the molecule is C[C@@H]1C(NC(=O)C(F)(F)F)C(OCCCCC(=O)O)OC(COCc2ccccc2)[C@@H]1OCc1ccccc1. The third-order valence-electron chi connectivity index (χ3n) is 6.35. The van der Waals surface area contributed by atoms with E-state index in [0.717, 1.165) is 11.1 Å². The average Bonchev–Trinajstić information content (AvgIpc) is 2.90. The Balaban J connectivity index is 1.75. The maximum atomic E-state index is 13.2. The van der Waals surface area contributed by atoms with Crippen LogP contribution in [0.5, 0.6) is 0 Å². The lowest BCUT2D eigenvalue weighted by Gasteiger charge is -2.45. The normalized spacial score (nSPS) is 23.3. The van der Waals surface area contributed by atoms with E-state index in [0.29, 0.717) is 12.8 Å². The maximum Gasteiger partial charge on any atom is 0.471 e. The zero-order valence-electron chi connectivity index (χ0n) is 21.6. The van der Waals surface area contributed by atoms with Crippen LogP contribution in [0.25, 0.3) is 0 Å². The number of unbranched alkanes of at least 4 members (excludes halogenated alkanes) is 1. The van der Waals surface area contributed by atoms with Crippen LogP contribution in [0.3, 0.4) is 0 Å². The van der Waals surface area contributed by atoms with E-state index in [4.69, 9.17) is 24.1 Å². The summed E-state index contributed by atoms with van der Waals surface area (Å²) in [5.41, 5.74) is 1.80. The van der Waals surface area contributed by atoms with Crippen molar-refractivity contribution in [3.8, 4) is 0 Å². The molecule has 2 aromatic carbocycles. The Morgan fingerprint density at radius 2 is 1.56 bits per heavy atom. The Morgan fingerprint density at radius 1 is 0.949 bits per heavy atom. The van der Waals surface area contributed by atoms with E-state index in [1.165, 1.54) is 0 Å².